The molecule has 0 N–H and O–H groups in total. The smallest absolute Gasteiger partial charge is 0.486 e. The molecule has 0 unspecified atom stereocenters. The molecule has 0 amide bonds. The summed E-state index contributed by atoms with van der Waals surface area (Å²) in [5.41, 5.74) is 0. The molecule has 0 bridgehead atoms. The number of ether oxygens (including phenoxy) is 2. The molecule has 1 aliphatic rings. The summed E-state index contributed by atoms with van der Waals surface area (Å²) in [4.78, 5) is 0.652. The molecule has 3 nitrogen and oxygen atoms in total. The van der Waals surface area contributed by atoms with Gasteiger partial charge in [-0.15, -0.1) is 0 Å². The van der Waals surface area contributed by atoms with E-state index < -0.39 is 0 Å². The molecule has 0 aromatic heterocycles. The van der Waals surface area contributed by atoms with Crippen molar-refractivity contribution in [1.82, 2.24) is 0 Å². The highest BCUT2D eigenvalue weighted by Gasteiger charge is 2.16. The number of hydrogen-bond donors (Lipinski definition) is 0. The molecular formula is C8H7O3S+. The first-order chi connectivity index (χ1) is 5.90. The summed E-state index contributed by atoms with van der Waals surface area (Å²) >= 11 is 0.456. The molecule has 0 saturated heterocycles. The van der Waals surface area contributed by atoms with E-state index in [0.29, 0.717) is 35.5 Å². The van der Waals surface area contributed by atoms with E-state index in [-0.39, 0.29) is 0 Å². The average molecular weight is 183 g/mol. The SMILES string of the molecule is O=[S+]c1ccc2c(c1)OCCO2. The molecule has 2 rings (SSSR count). The topological polar surface area (TPSA) is 35.5 Å². The van der Waals surface area contributed by atoms with Gasteiger partial charge >= 0.3 is 11.7 Å². The second-order valence-corrected chi connectivity index (χ2v) is 3.03. The van der Waals surface area contributed by atoms with Crippen LogP contribution in [-0.2, 0) is 15.9 Å². The van der Waals surface area contributed by atoms with Gasteiger partial charge in [0.05, 0.1) is 6.07 Å². The van der Waals surface area contributed by atoms with Gasteiger partial charge in [-0.05, 0) is 6.07 Å². The third kappa shape index (κ3) is 1.25. The van der Waals surface area contributed by atoms with Gasteiger partial charge in [0.15, 0.2) is 11.5 Å². The molecular weight excluding hydrogens is 176 g/mol. The maximum absolute atomic E-state index is 10.4. The van der Waals surface area contributed by atoms with Crippen molar-refractivity contribution in [1.29, 1.82) is 0 Å². The van der Waals surface area contributed by atoms with Crippen LogP contribution >= 0.6 is 0 Å². The number of benzene rings is 1. The molecule has 1 aliphatic heterocycles. The summed E-state index contributed by atoms with van der Waals surface area (Å²) in [7, 11) is 0. The van der Waals surface area contributed by atoms with Crippen molar-refractivity contribution in [2.75, 3.05) is 13.2 Å². The molecule has 1 aromatic carbocycles. The molecule has 4 heteroatoms. The van der Waals surface area contributed by atoms with Crippen LogP contribution < -0.4 is 9.47 Å². The van der Waals surface area contributed by atoms with Crippen molar-refractivity contribution in [3.63, 3.8) is 0 Å². The highest BCUT2D eigenvalue weighted by atomic mass is 32.1. The Kier molecular flexibility index (Phi) is 1.91. The molecule has 1 heterocycles. The van der Waals surface area contributed by atoms with Gasteiger partial charge in [0.25, 0.3) is 4.90 Å². The summed E-state index contributed by atoms with van der Waals surface area (Å²) < 4.78 is 21.0. The van der Waals surface area contributed by atoms with Gasteiger partial charge in [-0.1, -0.05) is 0 Å². The Labute approximate surface area is 73.8 Å². The maximum atomic E-state index is 10.4. The molecule has 0 atom stereocenters. The Balaban J connectivity index is 2.42. The zero-order chi connectivity index (χ0) is 8.39. The average Bonchev–Trinajstić information content (AvgIpc) is 2.17. The Morgan fingerprint density at radius 1 is 1.17 bits per heavy atom. The van der Waals surface area contributed by atoms with E-state index in [2.05, 4.69) is 0 Å². The number of hydrogen-bond acceptors (Lipinski definition) is 3. The highest BCUT2D eigenvalue weighted by molar-refractivity contribution is 7.65. The lowest BCUT2D eigenvalue weighted by Crippen LogP contribution is -2.15. The van der Waals surface area contributed by atoms with Crippen molar-refractivity contribution >= 4 is 11.7 Å². The zero-order valence-corrected chi connectivity index (χ0v) is 7.10. The molecule has 0 fully saturated rings. The van der Waals surface area contributed by atoms with E-state index >= 15 is 0 Å². The van der Waals surface area contributed by atoms with Gasteiger partial charge in [0.1, 0.15) is 13.2 Å². The van der Waals surface area contributed by atoms with Crippen molar-refractivity contribution in [3.05, 3.63) is 18.2 Å². The Hall–Kier alpha value is -1.16. The fourth-order valence-electron chi connectivity index (χ4n) is 1.08. The molecule has 0 radical (unpaired) electrons. The van der Waals surface area contributed by atoms with Crippen molar-refractivity contribution in [2.45, 2.75) is 4.90 Å². The molecule has 0 saturated carbocycles. The minimum Gasteiger partial charge on any atom is -0.486 e. The van der Waals surface area contributed by atoms with Gasteiger partial charge in [-0.25, -0.2) is 0 Å². The first-order valence-electron chi connectivity index (χ1n) is 3.59. The lowest BCUT2D eigenvalue weighted by molar-refractivity contribution is 0.171. The van der Waals surface area contributed by atoms with E-state index in [1.165, 1.54) is 0 Å². The van der Waals surface area contributed by atoms with E-state index in [1.807, 2.05) is 0 Å². The summed E-state index contributed by atoms with van der Waals surface area (Å²) in [5, 5.41) is 0. The second-order valence-electron chi connectivity index (χ2n) is 2.39. The van der Waals surface area contributed by atoms with Gasteiger partial charge < -0.3 is 9.47 Å². The van der Waals surface area contributed by atoms with Crippen molar-refractivity contribution in [2.24, 2.45) is 0 Å². The Bertz CT molecular complexity index is 311. The quantitative estimate of drug-likeness (QED) is 0.614. The first kappa shape index (κ1) is 7.49. The third-order valence-electron chi connectivity index (χ3n) is 1.61. The van der Waals surface area contributed by atoms with Crippen LogP contribution in [0.1, 0.15) is 0 Å². The Morgan fingerprint density at radius 2 is 1.92 bits per heavy atom. The van der Waals surface area contributed by atoms with Crippen molar-refractivity contribution in [3.8, 4) is 11.5 Å². The maximum Gasteiger partial charge on any atom is 0.505 e. The third-order valence-corrected chi connectivity index (χ3v) is 2.06. The standard InChI is InChI=1S/C8H7O3S/c9-12-6-1-2-7-8(5-6)11-4-3-10-7/h1-2,5H,3-4H2/q+1. The van der Waals surface area contributed by atoms with E-state index in [4.69, 9.17) is 9.47 Å². The fraction of sp³-hybridized carbons (Fsp3) is 0.250. The van der Waals surface area contributed by atoms with Crippen molar-refractivity contribution < 1.29 is 13.7 Å². The molecule has 0 spiro atoms. The fourth-order valence-corrected chi connectivity index (χ4v) is 1.35. The van der Waals surface area contributed by atoms with Gasteiger partial charge in [-0.2, -0.15) is 0 Å². The predicted molar refractivity (Wildman–Crippen MR) is 43.7 cm³/mol. The summed E-state index contributed by atoms with van der Waals surface area (Å²) in [6.07, 6.45) is 0. The second kappa shape index (κ2) is 3.06. The summed E-state index contributed by atoms with van der Waals surface area (Å²) in [5.74, 6) is 1.39. The zero-order valence-electron chi connectivity index (χ0n) is 6.28. The van der Waals surface area contributed by atoms with Crippen LogP contribution in [0.15, 0.2) is 23.1 Å². The van der Waals surface area contributed by atoms with Crippen LogP contribution in [0.25, 0.3) is 0 Å². The van der Waals surface area contributed by atoms with E-state index in [1.54, 1.807) is 18.2 Å². The minimum atomic E-state index is 0.456. The first-order valence-corrected chi connectivity index (χ1v) is 4.34. The molecule has 62 valence electrons. The van der Waals surface area contributed by atoms with Crippen LogP contribution in [0, 0.1) is 0 Å². The largest absolute Gasteiger partial charge is 0.505 e. The summed E-state index contributed by atoms with van der Waals surface area (Å²) in [6, 6.07) is 5.19. The normalized spacial score (nSPS) is 14.0. The highest BCUT2D eigenvalue weighted by Crippen LogP contribution is 2.30. The predicted octanol–water partition coefficient (Wildman–Crippen LogP) is 1.24. The lowest BCUT2D eigenvalue weighted by Gasteiger charge is -2.16. The van der Waals surface area contributed by atoms with Crippen LogP contribution in [0.2, 0.25) is 0 Å². The van der Waals surface area contributed by atoms with Crippen LogP contribution in [0.5, 0.6) is 11.5 Å². The summed E-state index contributed by atoms with van der Waals surface area (Å²) in [6.45, 7) is 1.14. The van der Waals surface area contributed by atoms with Crippen LogP contribution in [-0.4, -0.2) is 13.2 Å². The molecule has 0 aliphatic carbocycles. The number of fused-ring (bicyclic) bond motifs is 1. The monoisotopic (exact) mass is 183 g/mol. The number of rotatable bonds is 1. The van der Waals surface area contributed by atoms with Gasteiger partial charge in [0.2, 0.25) is 0 Å². The minimum absolute atomic E-state index is 0.456. The van der Waals surface area contributed by atoms with Gasteiger partial charge in [0, 0.05) is 10.3 Å². The van der Waals surface area contributed by atoms with E-state index in [9.17, 15) is 4.21 Å². The lowest BCUT2D eigenvalue weighted by atomic mass is 10.3. The Morgan fingerprint density at radius 3 is 2.67 bits per heavy atom. The molecule has 12 heavy (non-hydrogen) atoms. The van der Waals surface area contributed by atoms with Gasteiger partial charge in [-0.3, -0.25) is 0 Å². The van der Waals surface area contributed by atoms with E-state index in [0.717, 1.165) is 5.75 Å². The van der Waals surface area contributed by atoms with Crippen LogP contribution in [0.3, 0.4) is 0 Å². The molecule has 1 aromatic rings. The van der Waals surface area contributed by atoms with Crippen LogP contribution in [0.4, 0.5) is 0 Å².